The first-order valence-electron chi connectivity index (χ1n) is 12.6. The molecule has 1 N–H and O–H groups in total. The van der Waals surface area contributed by atoms with E-state index in [2.05, 4.69) is 15.4 Å². The van der Waals surface area contributed by atoms with Crippen molar-refractivity contribution in [3.63, 3.8) is 0 Å². The van der Waals surface area contributed by atoms with Crippen LogP contribution in [-0.2, 0) is 4.79 Å². The maximum atomic E-state index is 13.8. The third-order valence-electron chi connectivity index (χ3n) is 6.24. The number of hydrogen-bond acceptors (Lipinski definition) is 6. The fourth-order valence-corrected chi connectivity index (χ4v) is 4.90. The van der Waals surface area contributed by atoms with Crippen molar-refractivity contribution in [1.82, 2.24) is 9.66 Å². The van der Waals surface area contributed by atoms with E-state index >= 15 is 0 Å². The number of carbonyl (C=O) groups is 1. The van der Waals surface area contributed by atoms with E-state index in [0.29, 0.717) is 27.8 Å². The number of fused-ring (bicyclic) bond motifs is 2. The van der Waals surface area contributed by atoms with E-state index < -0.39 is 23.9 Å². The van der Waals surface area contributed by atoms with Crippen molar-refractivity contribution < 1.29 is 18.3 Å². The summed E-state index contributed by atoms with van der Waals surface area (Å²) in [6.45, 7) is -0.458. The van der Waals surface area contributed by atoms with E-state index in [-0.39, 0.29) is 27.3 Å². The van der Waals surface area contributed by atoms with Gasteiger partial charge in [-0.3, -0.25) is 9.59 Å². The van der Waals surface area contributed by atoms with Crippen LogP contribution in [0.1, 0.15) is 5.56 Å². The van der Waals surface area contributed by atoms with Crippen LogP contribution in [0.25, 0.3) is 33.5 Å². The van der Waals surface area contributed by atoms with Crippen molar-refractivity contribution in [2.75, 3.05) is 11.9 Å². The van der Waals surface area contributed by atoms with Gasteiger partial charge in [-0.1, -0.05) is 65.7 Å². The summed E-state index contributed by atoms with van der Waals surface area (Å²) in [6.07, 6.45) is 1.40. The summed E-state index contributed by atoms with van der Waals surface area (Å²) in [6, 6.07) is 25.0. The van der Waals surface area contributed by atoms with Crippen molar-refractivity contribution >= 4 is 62.9 Å². The number of para-hydroxylation sites is 3. The zero-order valence-electron chi connectivity index (χ0n) is 21.6. The molecule has 2 heterocycles. The first-order chi connectivity index (χ1) is 20.4. The minimum atomic E-state index is -0.598. The molecule has 0 aliphatic carbocycles. The number of hydrogen-bond donors (Lipinski definition) is 1. The lowest BCUT2D eigenvalue weighted by molar-refractivity contribution is -0.118. The van der Waals surface area contributed by atoms with Crippen LogP contribution in [0.15, 0.2) is 105 Å². The second-order valence-corrected chi connectivity index (χ2v) is 9.91. The largest absolute Gasteiger partial charge is 0.481 e. The van der Waals surface area contributed by atoms with Gasteiger partial charge in [0, 0.05) is 5.39 Å². The number of aromatic nitrogens is 2. The van der Waals surface area contributed by atoms with Gasteiger partial charge < -0.3 is 14.5 Å². The molecule has 0 atom stereocenters. The molecule has 2 aromatic heterocycles. The number of benzene rings is 4. The molecule has 11 heteroatoms. The number of halogens is 3. The second-order valence-electron chi connectivity index (χ2n) is 9.09. The predicted octanol–water partition coefficient (Wildman–Crippen LogP) is 7.16. The van der Waals surface area contributed by atoms with Crippen LogP contribution in [0.3, 0.4) is 0 Å². The van der Waals surface area contributed by atoms with Crippen molar-refractivity contribution in [3.8, 4) is 17.3 Å². The van der Waals surface area contributed by atoms with Gasteiger partial charge in [0.25, 0.3) is 11.5 Å². The fraction of sp³-hybridized carbons (Fsp3) is 0.0323. The predicted molar refractivity (Wildman–Crippen MR) is 161 cm³/mol. The molecule has 208 valence electrons. The van der Waals surface area contributed by atoms with E-state index in [1.165, 1.54) is 36.5 Å². The summed E-state index contributed by atoms with van der Waals surface area (Å²) < 4.78 is 26.5. The van der Waals surface area contributed by atoms with Crippen LogP contribution in [-0.4, -0.2) is 28.4 Å². The number of nitrogens with zero attached hydrogens (tertiary/aromatic N) is 3. The lowest BCUT2D eigenvalue weighted by Crippen LogP contribution is -2.21. The summed E-state index contributed by atoms with van der Waals surface area (Å²) in [5.41, 5.74) is 1.21. The zero-order valence-corrected chi connectivity index (χ0v) is 23.1. The Hall–Kier alpha value is -4.99. The Bertz CT molecular complexity index is 2020. The molecule has 6 rings (SSSR count). The Morgan fingerprint density at radius 1 is 1.00 bits per heavy atom. The molecule has 0 aliphatic heterocycles. The van der Waals surface area contributed by atoms with Gasteiger partial charge in [0.15, 0.2) is 18.1 Å². The minimum Gasteiger partial charge on any atom is -0.481 e. The van der Waals surface area contributed by atoms with Gasteiger partial charge in [-0.25, -0.2) is 9.37 Å². The van der Waals surface area contributed by atoms with E-state index in [1.54, 1.807) is 36.4 Å². The van der Waals surface area contributed by atoms with Gasteiger partial charge in [0.1, 0.15) is 11.4 Å². The van der Waals surface area contributed by atoms with E-state index in [9.17, 15) is 14.0 Å². The molecule has 8 nitrogen and oxygen atoms in total. The SMILES string of the molecule is O=C(COc1c(Cl)cc(C=Nn2c(-c3cc4ccccc4o3)nc3ccccc3c2=O)cc1Cl)Nc1ccccc1F. The average molecular weight is 601 g/mol. The molecular weight excluding hydrogens is 582 g/mol. The van der Waals surface area contributed by atoms with Crippen LogP contribution < -0.4 is 15.6 Å². The molecular formula is C31H19Cl2FN4O4. The van der Waals surface area contributed by atoms with Gasteiger partial charge in [0.05, 0.1) is 32.9 Å². The van der Waals surface area contributed by atoms with Gasteiger partial charge >= 0.3 is 0 Å². The molecule has 0 saturated heterocycles. The number of amides is 1. The third-order valence-corrected chi connectivity index (χ3v) is 6.80. The Morgan fingerprint density at radius 3 is 2.50 bits per heavy atom. The number of furan rings is 1. The lowest BCUT2D eigenvalue weighted by atomic mass is 10.2. The van der Waals surface area contributed by atoms with Crippen molar-refractivity contribution in [2.24, 2.45) is 5.10 Å². The standard InChI is InChI=1S/C31H19Cl2FN4O4/c32-21-13-18(14-22(33)29(21)41-17-28(39)36-25-11-5-3-9-23(25)34)16-35-38-30(27-15-19-7-1-6-12-26(19)42-27)37-24-10-4-2-8-20(24)31(38)40/h1-16H,17H2,(H,36,39). The Labute approximate surface area is 247 Å². The molecule has 0 saturated carbocycles. The Kier molecular flexibility index (Phi) is 7.43. The summed E-state index contributed by atoms with van der Waals surface area (Å²) in [4.78, 5) is 30.4. The molecule has 42 heavy (non-hydrogen) atoms. The van der Waals surface area contributed by atoms with Gasteiger partial charge in [-0.15, -0.1) is 0 Å². The van der Waals surface area contributed by atoms with E-state index in [1.807, 2.05) is 24.3 Å². The highest BCUT2D eigenvalue weighted by atomic mass is 35.5. The third kappa shape index (κ3) is 5.47. The average Bonchev–Trinajstić information content (AvgIpc) is 3.42. The second kappa shape index (κ2) is 11.5. The molecule has 0 unspecified atom stereocenters. The van der Waals surface area contributed by atoms with E-state index in [0.717, 1.165) is 10.1 Å². The van der Waals surface area contributed by atoms with Gasteiger partial charge in [0.2, 0.25) is 5.82 Å². The molecule has 6 aromatic rings. The van der Waals surface area contributed by atoms with Crippen LogP contribution in [0.2, 0.25) is 10.0 Å². The topological polar surface area (TPSA) is 98.7 Å². The maximum absolute atomic E-state index is 13.8. The summed E-state index contributed by atoms with van der Waals surface area (Å²) >= 11 is 12.8. The normalized spacial score (nSPS) is 11.4. The van der Waals surface area contributed by atoms with Gasteiger partial charge in [-0.2, -0.15) is 9.78 Å². The number of rotatable bonds is 7. The molecule has 0 bridgehead atoms. The Morgan fingerprint density at radius 2 is 1.71 bits per heavy atom. The van der Waals surface area contributed by atoms with Crippen LogP contribution in [0.4, 0.5) is 10.1 Å². The maximum Gasteiger partial charge on any atom is 0.282 e. The smallest absolute Gasteiger partial charge is 0.282 e. The van der Waals surface area contributed by atoms with E-state index in [4.69, 9.17) is 32.4 Å². The van der Waals surface area contributed by atoms with Crippen LogP contribution >= 0.6 is 23.2 Å². The fourth-order valence-electron chi connectivity index (χ4n) is 4.29. The van der Waals surface area contributed by atoms with Crippen LogP contribution in [0, 0.1) is 5.82 Å². The van der Waals surface area contributed by atoms with Crippen molar-refractivity contribution in [2.45, 2.75) is 0 Å². The quantitative estimate of drug-likeness (QED) is 0.196. The first kappa shape index (κ1) is 27.2. The van der Waals surface area contributed by atoms with Crippen molar-refractivity contribution in [3.05, 3.63) is 123 Å². The monoisotopic (exact) mass is 600 g/mol. The highest BCUT2D eigenvalue weighted by Crippen LogP contribution is 2.34. The van der Waals surface area contributed by atoms with Gasteiger partial charge in [-0.05, 0) is 54.1 Å². The molecule has 0 spiro atoms. The molecule has 1 amide bonds. The first-order valence-corrected chi connectivity index (χ1v) is 13.3. The van der Waals surface area contributed by atoms with Crippen molar-refractivity contribution in [1.29, 1.82) is 0 Å². The zero-order chi connectivity index (χ0) is 29.2. The number of nitrogens with one attached hydrogen (secondary N) is 1. The highest BCUT2D eigenvalue weighted by molar-refractivity contribution is 6.37. The molecule has 0 fully saturated rings. The molecule has 0 radical (unpaired) electrons. The summed E-state index contributed by atoms with van der Waals surface area (Å²) in [7, 11) is 0. The lowest BCUT2D eigenvalue weighted by Gasteiger charge is -2.11. The summed E-state index contributed by atoms with van der Waals surface area (Å²) in [5.74, 6) is -0.533. The van der Waals surface area contributed by atoms with Crippen LogP contribution in [0.5, 0.6) is 5.75 Å². The Balaban J connectivity index is 1.29. The number of carbonyl (C=O) groups excluding carboxylic acids is 1. The number of ether oxygens (including phenoxy) is 1. The minimum absolute atomic E-state index is 0.0234. The molecule has 4 aromatic carbocycles. The molecule has 0 aliphatic rings. The summed E-state index contributed by atoms with van der Waals surface area (Å²) in [5, 5.41) is 8.26. The highest BCUT2D eigenvalue weighted by Gasteiger charge is 2.17. The number of anilines is 1.